The van der Waals surface area contributed by atoms with Crippen LogP contribution in [0.1, 0.15) is 6.92 Å². The largest absolute Gasteiger partial charge is 0.492 e. The van der Waals surface area contributed by atoms with Crippen molar-refractivity contribution in [3.8, 4) is 23.0 Å². The van der Waals surface area contributed by atoms with Crippen LogP contribution >= 0.6 is 11.6 Å². The number of halogens is 1. The van der Waals surface area contributed by atoms with Crippen LogP contribution in [0.4, 0.5) is 5.69 Å². The van der Waals surface area contributed by atoms with Crippen molar-refractivity contribution >= 4 is 34.2 Å². The molecule has 4 aromatic rings. The van der Waals surface area contributed by atoms with Crippen molar-refractivity contribution in [2.24, 2.45) is 0 Å². The summed E-state index contributed by atoms with van der Waals surface area (Å²) in [6, 6.07) is 18.6. The summed E-state index contributed by atoms with van der Waals surface area (Å²) in [5.41, 5.74) is 0.502. The second-order valence-corrected chi connectivity index (χ2v) is 7.29. The Labute approximate surface area is 194 Å². The van der Waals surface area contributed by atoms with Gasteiger partial charge in [-0.2, -0.15) is 0 Å². The Kier molecular flexibility index (Phi) is 6.80. The highest BCUT2D eigenvalue weighted by molar-refractivity contribution is 6.32. The van der Waals surface area contributed by atoms with Crippen LogP contribution in [0.2, 0.25) is 5.02 Å². The van der Waals surface area contributed by atoms with Crippen LogP contribution in [0, 0.1) is 0 Å². The van der Waals surface area contributed by atoms with Gasteiger partial charge in [0.25, 0.3) is 5.91 Å². The van der Waals surface area contributed by atoms with Gasteiger partial charge in [-0.3, -0.25) is 9.59 Å². The third kappa shape index (κ3) is 5.27. The molecule has 0 aliphatic carbocycles. The zero-order valence-corrected chi connectivity index (χ0v) is 18.4. The zero-order chi connectivity index (χ0) is 23.2. The normalized spacial score (nSPS) is 10.6. The lowest BCUT2D eigenvalue weighted by atomic mass is 10.2. The van der Waals surface area contributed by atoms with Crippen LogP contribution < -0.4 is 25.0 Å². The molecule has 0 aliphatic heterocycles. The quantitative estimate of drug-likeness (QED) is 0.361. The van der Waals surface area contributed by atoms with Crippen LogP contribution in [0.3, 0.4) is 0 Å². The van der Waals surface area contributed by atoms with Gasteiger partial charge in [0.15, 0.2) is 6.61 Å². The van der Waals surface area contributed by atoms with E-state index in [2.05, 4.69) is 5.32 Å². The van der Waals surface area contributed by atoms with Gasteiger partial charge in [0.2, 0.25) is 11.2 Å². The van der Waals surface area contributed by atoms with Crippen LogP contribution in [0.5, 0.6) is 23.0 Å². The minimum Gasteiger partial charge on any atom is -0.492 e. The molecule has 7 nitrogen and oxygen atoms in total. The van der Waals surface area contributed by atoms with E-state index >= 15 is 0 Å². The zero-order valence-electron chi connectivity index (χ0n) is 17.7. The van der Waals surface area contributed by atoms with Gasteiger partial charge in [-0.25, -0.2) is 0 Å². The number of para-hydroxylation sites is 3. The van der Waals surface area contributed by atoms with E-state index in [0.717, 1.165) is 0 Å². The fraction of sp³-hybridized carbons (Fsp3) is 0.120. The topological polar surface area (TPSA) is 87.0 Å². The molecule has 0 aliphatic rings. The fourth-order valence-electron chi connectivity index (χ4n) is 3.08. The number of nitrogens with one attached hydrogen (secondary N) is 1. The maximum absolute atomic E-state index is 12.8. The molecule has 4 rings (SSSR count). The number of benzene rings is 3. The van der Waals surface area contributed by atoms with Crippen molar-refractivity contribution in [2.75, 3.05) is 18.5 Å². The van der Waals surface area contributed by atoms with Gasteiger partial charge < -0.3 is 23.9 Å². The minimum absolute atomic E-state index is 0.0107. The second-order valence-electron chi connectivity index (χ2n) is 6.89. The van der Waals surface area contributed by atoms with Crippen molar-refractivity contribution in [3.63, 3.8) is 0 Å². The molecule has 1 aromatic heterocycles. The molecule has 0 fully saturated rings. The molecule has 0 unspecified atom stereocenters. The lowest BCUT2D eigenvalue weighted by molar-refractivity contribution is -0.118. The average Bonchev–Trinajstić information content (AvgIpc) is 2.82. The highest BCUT2D eigenvalue weighted by atomic mass is 35.5. The summed E-state index contributed by atoms with van der Waals surface area (Å²) in [6.45, 7) is 2.12. The molecule has 0 bridgehead atoms. The van der Waals surface area contributed by atoms with Crippen LogP contribution in [-0.4, -0.2) is 19.1 Å². The maximum Gasteiger partial charge on any atom is 0.262 e. The Morgan fingerprint density at radius 3 is 2.52 bits per heavy atom. The Balaban J connectivity index is 1.45. The van der Waals surface area contributed by atoms with Crippen molar-refractivity contribution in [1.29, 1.82) is 0 Å². The SMILES string of the molecule is CCOc1ccccc1NC(=O)COc1ccc2c(=O)c(Oc3ccccc3Cl)coc2c1. The molecule has 168 valence electrons. The Hall–Kier alpha value is -3.97. The highest BCUT2D eigenvalue weighted by Gasteiger charge is 2.13. The number of hydrogen-bond donors (Lipinski definition) is 1. The molecule has 3 aromatic carbocycles. The summed E-state index contributed by atoms with van der Waals surface area (Å²) >= 11 is 6.09. The monoisotopic (exact) mass is 465 g/mol. The average molecular weight is 466 g/mol. The third-order valence-corrected chi connectivity index (χ3v) is 4.91. The molecule has 33 heavy (non-hydrogen) atoms. The molecule has 0 radical (unpaired) electrons. The summed E-state index contributed by atoms with van der Waals surface area (Å²) in [4.78, 5) is 25.1. The minimum atomic E-state index is -0.354. The van der Waals surface area contributed by atoms with E-state index in [1.165, 1.54) is 12.3 Å². The first-order valence-corrected chi connectivity index (χ1v) is 10.6. The fourth-order valence-corrected chi connectivity index (χ4v) is 3.26. The molecular formula is C25H20ClNO6. The third-order valence-electron chi connectivity index (χ3n) is 4.60. The second kappa shape index (κ2) is 10.1. The number of anilines is 1. The van der Waals surface area contributed by atoms with Gasteiger partial charge in [-0.15, -0.1) is 0 Å². The Morgan fingerprint density at radius 1 is 0.970 bits per heavy atom. The number of carbonyl (C=O) groups excluding carboxylic acids is 1. The van der Waals surface area contributed by atoms with Gasteiger partial charge in [0, 0.05) is 6.07 Å². The number of carbonyl (C=O) groups is 1. The van der Waals surface area contributed by atoms with Gasteiger partial charge in [-0.05, 0) is 43.3 Å². The standard InChI is InChI=1S/C25H20ClNO6/c1-2-30-21-10-6-4-8-19(21)27-24(28)15-31-16-11-12-17-22(13-16)32-14-23(25(17)29)33-20-9-5-3-7-18(20)26/h3-14H,2,15H2,1H3,(H,27,28). The molecule has 0 atom stereocenters. The van der Waals surface area contributed by atoms with E-state index in [1.807, 2.05) is 13.0 Å². The van der Waals surface area contributed by atoms with Gasteiger partial charge >= 0.3 is 0 Å². The van der Waals surface area contributed by atoms with Gasteiger partial charge in [0.05, 0.1) is 22.7 Å². The number of ether oxygens (including phenoxy) is 3. The van der Waals surface area contributed by atoms with Crippen LogP contribution in [0.25, 0.3) is 11.0 Å². The molecule has 1 N–H and O–H groups in total. The number of fused-ring (bicyclic) bond motifs is 1. The first-order valence-electron chi connectivity index (χ1n) is 10.2. The number of amides is 1. The summed E-state index contributed by atoms with van der Waals surface area (Å²) in [5.74, 6) is 0.959. The molecule has 8 heteroatoms. The molecule has 1 heterocycles. The first-order chi connectivity index (χ1) is 16.0. The van der Waals surface area contributed by atoms with Gasteiger partial charge in [-0.1, -0.05) is 35.9 Å². The summed E-state index contributed by atoms with van der Waals surface area (Å²) in [6.07, 6.45) is 1.22. The lowest BCUT2D eigenvalue weighted by Gasteiger charge is -2.12. The van der Waals surface area contributed by atoms with Crippen molar-refractivity contribution in [1.82, 2.24) is 0 Å². The number of hydrogen-bond acceptors (Lipinski definition) is 6. The molecule has 0 saturated heterocycles. The van der Waals surface area contributed by atoms with Crippen molar-refractivity contribution in [2.45, 2.75) is 6.92 Å². The van der Waals surface area contributed by atoms with Gasteiger partial charge in [0.1, 0.15) is 29.1 Å². The lowest BCUT2D eigenvalue weighted by Crippen LogP contribution is -2.20. The molecule has 0 spiro atoms. The Bertz CT molecular complexity index is 1350. The van der Waals surface area contributed by atoms with Crippen LogP contribution in [0.15, 0.2) is 82.2 Å². The summed E-state index contributed by atoms with van der Waals surface area (Å²) in [5, 5.41) is 3.44. The van der Waals surface area contributed by atoms with E-state index in [4.69, 9.17) is 30.2 Å². The van der Waals surface area contributed by atoms with Crippen molar-refractivity contribution < 1.29 is 23.4 Å². The maximum atomic E-state index is 12.8. The Morgan fingerprint density at radius 2 is 1.73 bits per heavy atom. The van der Waals surface area contributed by atoms with E-state index in [1.54, 1.807) is 54.6 Å². The molecule has 0 saturated carbocycles. The smallest absolute Gasteiger partial charge is 0.262 e. The predicted octanol–water partition coefficient (Wildman–Crippen LogP) is 5.65. The van der Waals surface area contributed by atoms with E-state index in [-0.39, 0.29) is 23.7 Å². The van der Waals surface area contributed by atoms with Crippen LogP contribution in [-0.2, 0) is 4.79 Å². The van der Waals surface area contributed by atoms with E-state index < -0.39 is 0 Å². The van der Waals surface area contributed by atoms with E-state index in [0.29, 0.717) is 45.5 Å². The van der Waals surface area contributed by atoms with E-state index in [9.17, 15) is 9.59 Å². The molecule has 1 amide bonds. The summed E-state index contributed by atoms with van der Waals surface area (Å²) < 4.78 is 22.2. The summed E-state index contributed by atoms with van der Waals surface area (Å²) in [7, 11) is 0. The molecular weight excluding hydrogens is 446 g/mol. The first kappa shape index (κ1) is 22.2. The van der Waals surface area contributed by atoms with Crippen molar-refractivity contribution in [3.05, 3.63) is 88.2 Å². The highest BCUT2D eigenvalue weighted by Crippen LogP contribution is 2.29. The number of rotatable bonds is 8. The predicted molar refractivity (Wildman–Crippen MR) is 126 cm³/mol.